The summed E-state index contributed by atoms with van der Waals surface area (Å²) in [5.41, 5.74) is 0.918. The largest absolute Gasteiger partial charge is 0.622 e. The number of nitrogens with zero attached hydrogens (tertiary/aromatic N) is 2. The number of thioether (sulfide) groups is 1. The summed E-state index contributed by atoms with van der Waals surface area (Å²) >= 11 is 7.10. The van der Waals surface area contributed by atoms with E-state index in [-0.39, 0.29) is 10.9 Å². The molecule has 0 saturated carbocycles. The van der Waals surface area contributed by atoms with Crippen LogP contribution >= 0.6 is 24.0 Å². The molecule has 5 heteroatoms. The Morgan fingerprint density at radius 1 is 1.38 bits per heavy atom. The molecule has 0 radical (unpaired) electrons. The molecule has 0 bridgehead atoms. The Hall–Kier alpha value is -1.07. The molecule has 1 aromatic carbocycles. The fraction of sp³-hybridized carbons (Fsp3) is 0.500. The molecule has 1 heterocycles. The van der Waals surface area contributed by atoms with Gasteiger partial charge in [-0.2, -0.15) is 4.74 Å². The van der Waals surface area contributed by atoms with E-state index in [0.717, 1.165) is 34.0 Å². The molecule has 1 saturated heterocycles. The van der Waals surface area contributed by atoms with Crippen LogP contribution in [0.25, 0.3) is 0 Å². The number of hydroxylamine groups is 1. The molecule has 3 nitrogen and oxygen atoms in total. The Balaban J connectivity index is 2.28. The molecule has 1 fully saturated rings. The molecule has 1 atom stereocenters. The van der Waals surface area contributed by atoms with E-state index in [1.165, 1.54) is 0 Å². The fourth-order valence-electron chi connectivity index (χ4n) is 2.55. The molecule has 0 aromatic heterocycles. The Kier molecular flexibility index (Phi) is 5.27. The smallest absolute Gasteiger partial charge is 0.254 e. The minimum Gasteiger partial charge on any atom is -0.622 e. The van der Waals surface area contributed by atoms with Crippen molar-refractivity contribution in [1.29, 1.82) is 0 Å². The van der Waals surface area contributed by atoms with E-state index in [2.05, 4.69) is 25.7 Å². The highest BCUT2D eigenvalue weighted by Crippen LogP contribution is 2.41. The lowest BCUT2D eigenvalue weighted by Gasteiger charge is -2.29. The summed E-state index contributed by atoms with van der Waals surface area (Å²) in [4.78, 5) is 2.08. The molecule has 114 valence electrons. The van der Waals surface area contributed by atoms with Crippen LogP contribution in [0.4, 0.5) is 0 Å². The molecule has 0 N–H and O–H groups in total. The van der Waals surface area contributed by atoms with Gasteiger partial charge in [-0.05, 0) is 32.4 Å². The minimum atomic E-state index is -0.248. The van der Waals surface area contributed by atoms with Crippen molar-refractivity contribution < 1.29 is 4.74 Å². The van der Waals surface area contributed by atoms with E-state index < -0.39 is 0 Å². The minimum absolute atomic E-state index is 0.210. The first-order valence-corrected chi connectivity index (χ1v) is 8.53. The van der Waals surface area contributed by atoms with Crippen molar-refractivity contribution in [1.82, 2.24) is 4.90 Å². The highest BCUT2D eigenvalue weighted by atomic mass is 32.2. The van der Waals surface area contributed by atoms with Gasteiger partial charge in [-0.25, -0.2) is 0 Å². The lowest BCUT2D eigenvalue weighted by atomic mass is 10.1. The van der Waals surface area contributed by atoms with Gasteiger partial charge in [0.2, 0.25) is 0 Å². The number of rotatable bonds is 5. The highest BCUT2D eigenvalue weighted by Gasteiger charge is 2.50. The van der Waals surface area contributed by atoms with E-state index in [9.17, 15) is 5.21 Å². The first-order chi connectivity index (χ1) is 9.95. The van der Waals surface area contributed by atoms with Crippen LogP contribution in [0.1, 0.15) is 39.2 Å². The van der Waals surface area contributed by atoms with Gasteiger partial charge in [0.15, 0.2) is 6.21 Å². The summed E-state index contributed by atoms with van der Waals surface area (Å²) in [6.45, 7) is 7.17. The lowest BCUT2D eigenvalue weighted by molar-refractivity contribution is -0.523. The van der Waals surface area contributed by atoms with E-state index >= 15 is 0 Å². The zero-order valence-corrected chi connectivity index (χ0v) is 14.4. The van der Waals surface area contributed by atoms with Crippen molar-refractivity contribution in [2.24, 2.45) is 0 Å². The Labute approximate surface area is 136 Å². The van der Waals surface area contributed by atoms with Gasteiger partial charge in [0.25, 0.3) is 6.17 Å². The standard InChI is InChI=1S/C16H22N2OS2/c1-4-5-11-17-14(16(2,3)21-15(17)20)18(19)12-13-9-7-6-8-10-13/h6-10,12,14H,4-5,11H2,1-3H3/b18-12-. The predicted molar refractivity (Wildman–Crippen MR) is 94.9 cm³/mol. The molecule has 1 aromatic rings. The maximum Gasteiger partial charge on any atom is 0.254 e. The molecule has 1 unspecified atom stereocenters. The number of hydrogen-bond donors (Lipinski definition) is 0. The van der Waals surface area contributed by atoms with E-state index in [4.69, 9.17) is 12.2 Å². The van der Waals surface area contributed by atoms with Gasteiger partial charge in [-0.1, -0.05) is 55.5 Å². The van der Waals surface area contributed by atoms with Crippen LogP contribution in [0.5, 0.6) is 0 Å². The van der Waals surface area contributed by atoms with Crippen molar-refractivity contribution in [2.75, 3.05) is 6.54 Å². The molecule has 2 rings (SSSR count). The second kappa shape index (κ2) is 6.79. The molecule has 1 aliphatic heterocycles. The van der Waals surface area contributed by atoms with Crippen molar-refractivity contribution in [3.8, 4) is 0 Å². The third kappa shape index (κ3) is 3.77. The molecule has 0 aliphatic carbocycles. The van der Waals surface area contributed by atoms with Gasteiger partial charge < -0.3 is 5.21 Å². The summed E-state index contributed by atoms with van der Waals surface area (Å²) in [6, 6.07) is 9.70. The molecule has 0 amide bonds. The molecule has 21 heavy (non-hydrogen) atoms. The zero-order valence-electron chi connectivity index (χ0n) is 12.8. The second-order valence-corrected chi connectivity index (χ2v) is 8.08. The van der Waals surface area contributed by atoms with Crippen molar-refractivity contribution in [3.63, 3.8) is 0 Å². The molecular formula is C16H22N2OS2. The van der Waals surface area contributed by atoms with Crippen LogP contribution in [0, 0.1) is 5.21 Å². The lowest BCUT2D eigenvalue weighted by Crippen LogP contribution is -2.48. The van der Waals surface area contributed by atoms with Crippen molar-refractivity contribution >= 4 is 34.5 Å². The van der Waals surface area contributed by atoms with Crippen LogP contribution < -0.4 is 0 Å². The maximum absolute atomic E-state index is 12.7. The van der Waals surface area contributed by atoms with E-state index in [1.54, 1.807) is 18.0 Å². The summed E-state index contributed by atoms with van der Waals surface area (Å²) in [5, 5.41) is 12.7. The predicted octanol–water partition coefficient (Wildman–Crippen LogP) is 3.85. The second-order valence-electron chi connectivity index (χ2n) is 5.79. The topological polar surface area (TPSA) is 29.3 Å². The normalized spacial score (nSPS) is 21.9. The summed E-state index contributed by atoms with van der Waals surface area (Å²) in [7, 11) is 0. The van der Waals surface area contributed by atoms with Crippen LogP contribution in [-0.4, -0.2) is 37.6 Å². The van der Waals surface area contributed by atoms with E-state index in [0.29, 0.717) is 0 Å². The summed E-state index contributed by atoms with van der Waals surface area (Å²) in [5.74, 6) is 0. The number of thiocarbonyl (C=S) groups is 1. The average Bonchev–Trinajstić information content (AvgIpc) is 2.66. The van der Waals surface area contributed by atoms with E-state index in [1.807, 2.05) is 30.3 Å². The van der Waals surface area contributed by atoms with Crippen molar-refractivity contribution in [3.05, 3.63) is 41.1 Å². The van der Waals surface area contributed by atoms with Crippen molar-refractivity contribution in [2.45, 2.75) is 44.5 Å². The van der Waals surface area contributed by atoms with Gasteiger partial charge in [0, 0.05) is 12.1 Å². The monoisotopic (exact) mass is 322 g/mol. The molecular weight excluding hydrogens is 300 g/mol. The van der Waals surface area contributed by atoms with Crippen LogP contribution in [0.2, 0.25) is 0 Å². The van der Waals surface area contributed by atoms with Gasteiger partial charge in [-0.3, -0.25) is 4.90 Å². The number of unbranched alkanes of at least 4 members (excludes halogenated alkanes) is 1. The van der Waals surface area contributed by atoms with Gasteiger partial charge in [0.05, 0.1) is 0 Å². The Bertz CT molecular complexity index is 528. The van der Waals surface area contributed by atoms with Crippen LogP contribution in [0.15, 0.2) is 30.3 Å². The van der Waals surface area contributed by atoms with Gasteiger partial charge >= 0.3 is 0 Å². The first kappa shape index (κ1) is 16.3. The third-order valence-corrected chi connectivity index (χ3v) is 5.20. The quantitative estimate of drug-likeness (QED) is 0.271. The highest BCUT2D eigenvalue weighted by molar-refractivity contribution is 8.24. The average molecular weight is 322 g/mol. The Morgan fingerprint density at radius 3 is 2.67 bits per heavy atom. The molecule has 1 aliphatic rings. The van der Waals surface area contributed by atoms with Gasteiger partial charge in [0.1, 0.15) is 9.07 Å². The summed E-state index contributed by atoms with van der Waals surface area (Å²) < 4.78 is 1.69. The third-order valence-electron chi connectivity index (χ3n) is 3.57. The van der Waals surface area contributed by atoms with Gasteiger partial charge in [-0.15, -0.1) is 0 Å². The number of hydrogen-bond acceptors (Lipinski definition) is 3. The fourth-order valence-corrected chi connectivity index (χ4v) is 4.48. The molecule has 0 spiro atoms. The van der Waals surface area contributed by atoms with Crippen LogP contribution in [0.3, 0.4) is 0 Å². The SMILES string of the molecule is CCCCN1C(=S)SC(C)(C)C1/[N+]([O-])=C/c1ccccc1. The number of benzene rings is 1. The first-order valence-electron chi connectivity index (χ1n) is 7.30. The summed E-state index contributed by atoms with van der Waals surface area (Å²) in [6.07, 6.45) is 3.56. The Morgan fingerprint density at radius 2 is 2.05 bits per heavy atom. The zero-order chi connectivity index (χ0) is 15.5. The van der Waals surface area contributed by atoms with Crippen LogP contribution in [-0.2, 0) is 0 Å². The maximum atomic E-state index is 12.7.